The molecule has 0 N–H and O–H groups in total. The van der Waals surface area contributed by atoms with Crippen molar-refractivity contribution in [2.24, 2.45) is 5.92 Å². The molecular weight excluding hydrogens is 400 g/mol. The Kier molecular flexibility index (Phi) is 6.29. The Bertz CT molecular complexity index is 1050. The summed E-state index contributed by atoms with van der Waals surface area (Å²) >= 11 is 6.03. The van der Waals surface area contributed by atoms with Crippen molar-refractivity contribution in [3.05, 3.63) is 76.9 Å². The quantitative estimate of drug-likeness (QED) is 0.448. The zero-order valence-corrected chi connectivity index (χ0v) is 17.3. The van der Waals surface area contributed by atoms with Gasteiger partial charge < -0.3 is 9.64 Å². The number of benzene rings is 2. The fourth-order valence-corrected chi connectivity index (χ4v) is 4.14. The van der Waals surface area contributed by atoms with E-state index in [4.69, 9.17) is 16.3 Å². The number of piperidine rings is 1. The number of aromatic nitrogens is 1. The van der Waals surface area contributed by atoms with E-state index in [2.05, 4.69) is 29.2 Å². The number of rotatable bonds is 5. The van der Waals surface area contributed by atoms with Gasteiger partial charge in [0.25, 0.3) is 5.91 Å². The third kappa shape index (κ3) is 4.79. The average molecular weight is 423 g/mol. The highest BCUT2D eigenvalue weighted by atomic mass is 35.5. The van der Waals surface area contributed by atoms with E-state index in [9.17, 15) is 9.59 Å². The fraction of sp³-hybridized carbons (Fsp3) is 0.292. The molecule has 3 aromatic rings. The largest absolute Gasteiger partial charge is 0.452 e. The van der Waals surface area contributed by atoms with Crippen molar-refractivity contribution >= 4 is 34.4 Å². The Hall–Kier alpha value is -2.92. The van der Waals surface area contributed by atoms with Crippen molar-refractivity contribution in [3.63, 3.8) is 0 Å². The van der Waals surface area contributed by atoms with E-state index >= 15 is 0 Å². The maximum atomic E-state index is 12.6. The van der Waals surface area contributed by atoms with Gasteiger partial charge in [0.1, 0.15) is 5.15 Å². The maximum Gasteiger partial charge on any atom is 0.339 e. The summed E-state index contributed by atoms with van der Waals surface area (Å²) in [5.74, 6) is -0.155. The number of ether oxygens (including phenoxy) is 1. The van der Waals surface area contributed by atoms with E-state index in [1.807, 2.05) is 18.2 Å². The van der Waals surface area contributed by atoms with Crippen LogP contribution in [0.25, 0.3) is 10.9 Å². The summed E-state index contributed by atoms with van der Waals surface area (Å²) in [7, 11) is 0. The Balaban J connectivity index is 1.31. The number of hydrogen-bond acceptors (Lipinski definition) is 4. The van der Waals surface area contributed by atoms with E-state index in [0.717, 1.165) is 19.3 Å². The van der Waals surface area contributed by atoms with E-state index in [-0.39, 0.29) is 17.7 Å². The first kappa shape index (κ1) is 20.4. The summed E-state index contributed by atoms with van der Waals surface area (Å²) in [5.41, 5.74) is 2.27. The molecule has 1 aliphatic heterocycles. The minimum atomic E-state index is -0.567. The summed E-state index contributed by atoms with van der Waals surface area (Å²) in [5, 5.41) is 0.869. The molecule has 1 fully saturated rings. The van der Waals surface area contributed by atoms with Gasteiger partial charge >= 0.3 is 5.97 Å². The second-order valence-corrected chi connectivity index (χ2v) is 7.99. The molecule has 0 spiro atoms. The van der Waals surface area contributed by atoms with Crippen LogP contribution in [-0.4, -0.2) is 41.5 Å². The minimum absolute atomic E-state index is 0.161. The first-order valence-electron chi connectivity index (χ1n) is 10.1. The number of esters is 1. The standard InChI is InChI=1S/C24H23ClN2O3/c25-22-15-20(19-8-4-5-9-21(19)26-22)24(29)30-16-23(28)27-12-10-18(11-13-27)14-17-6-2-1-3-7-17/h1-9,15,18H,10-14,16H2. The normalized spacial score (nSPS) is 14.6. The molecule has 4 rings (SSSR count). The van der Waals surface area contributed by atoms with Gasteiger partial charge in [-0.25, -0.2) is 9.78 Å². The number of pyridine rings is 1. The van der Waals surface area contributed by atoms with E-state index in [1.54, 1.807) is 17.0 Å². The first-order valence-corrected chi connectivity index (χ1v) is 10.5. The van der Waals surface area contributed by atoms with Crippen LogP contribution in [0.3, 0.4) is 0 Å². The fourth-order valence-electron chi connectivity index (χ4n) is 3.94. The van der Waals surface area contributed by atoms with Crippen molar-refractivity contribution in [2.45, 2.75) is 19.3 Å². The summed E-state index contributed by atoms with van der Waals surface area (Å²) in [6.45, 7) is 1.12. The van der Waals surface area contributed by atoms with Crippen LogP contribution in [0.1, 0.15) is 28.8 Å². The molecule has 2 heterocycles. The Morgan fingerprint density at radius 3 is 2.50 bits per heavy atom. The van der Waals surface area contributed by atoms with Crippen LogP contribution in [-0.2, 0) is 16.0 Å². The number of halogens is 1. The summed E-state index contributed by atoms with van der Waals surface area (Å²) in [6.07, 6.45) is 2.95. The van der Waals surface area contributed by atoms with Gasteiger partial charge in [0.05, 0.1) is 11.1 Å². The van der Waals surface area contributed by atoms with Gasteiger partial charge in [0.2, 0.25) is 0 Å². The average Bonchev–Trinajstić information content (AvgIpc) is 2.78. The summed E-state index contributed by atoms with van der Waals surface area (Å²) in [4.78, 5) is 31.1. The van der Waals surface area contributed by atoms with Gasteiger partial charge in [-0.3, -0.25) is 4.79 Å². The molecule has 1 amide bonds. The van der Waals surface area contributed by atoms with Gasteiger partial charge in [-0.2, -0.15) is 0 Å². The van der Waals surface area contributed by atoms with E-state index in [0.29, 0.717) is 35.5 Å². The van der Waals surface area contributed by atoms with Gasteiger partial charge in [0.15, 0.2) is 6.61 Å². The second kappa shape index (κ2) is 9.26. The molecule has 1 saturated heterocycles. The van der Waals surface area contributed by atoms with Crippen LogP contribution in [0.5, 0.6) is 0 Å². The molecule has 0 unspecified atom stereocenters. The SMILES string of the molecule is O=C(OCC(=O)N1CCC(Cc2ccccc2)CC1)c1cc(Cl)nc2ccccc12. The molecule has 5 nitrogen and oxygen atoms in total. The molecule has 0 aliphatic carbocycles. The van der Waals surface area contributed by atoms with Crippen molar-refractivity contribution in [1.82, 2.24) is 9.88 Å². The molecule has 1 aliphatic rings. The summed E-state index contributed by atoms with van der Waals surface area (Å²) < 4.78 is 5.31. The molecule has 0 radical (unpaired) electrons. The molecule has 0 saturated carbocycles. The van der Waals surface area contributed by atoms with Crippen LogP contribution < -0.4 is 0 Å². The maximum absolute atomic E-state index is 12.6. The van der Waals surface area contributed by atoms with Gasteiger partial charge in [0, 0.05) is 18.5 Å². The number of likely N-dealkylation sites (tertiary alicyclic amines) is 1. The first-order chi connectivity index (χ1) is 14.6. The third-order valence-electron chi connectivity index (χ3n) is 5.57. The van der Waals surface area contributed by atoms with Crippen LogP contribution in [0.2, 0.25) is 5.15 Å². The minimum Gasteiger partial charge on any atom is -0.452 e. The smallest absolute Gasteiger partial charge is 0.339 e. The number of carbonyl (C=O) groups is 2. The van der Waals surface area contributed by atoms with E-state index < -0.39 is 5.97 Å². The van der Waals surface area contributed by atoms with Crippen molar-refractivity contribution < 1.29 is 14.3 Å². The molecule has 2 aromatic carbocycles. The highest BCUT2D eigenvalue weighted by Crippen LogP contribution is 2.23. The molecular formula is C24H23ClN2O3. The predicted octanol–water partition coefficient (Wildman–Crippen LogP) is 4.53. The van der Waals surface area contributed by atoms with Crippen LogP contribution in [0.4, 0.5) is 0 Å². The molecule has 30 heavy (non-hydrogen) atoms. The van der Waals surface area contributed by atoms with Gasteiger partial charge in [-0.1, -0.05) is 60.1 Å². The number of nitrogens with zero attached hydrogens (tertiary/aromatic N) is 2. The third-order valence-corrected chi connectivity index (χ3v) is 5.76. The Labute approximate surface area is 180 Å². The van der Waals surface area contributed by atoms with Crippen LogP contribution in [0, 0.1) is 5.92 Å². The lowest BCUT2D eigenvalue weighted by Gasteiger charge is -2.32. The highest BCUT2D eigenvalue weighted by Gasteiger charge is 2.24. The lowest BCUT2D eigenvalue weighted by molar-refractivity contribution is -0.135. The summed E-state index contributed by atoms with van der Waals surface area (Å²) in [6, 6.07) is 19.1. The lowest BCUT2D eigenvalue weighted by Crippen LogP contribution is -2.41. The van der Waals surface area contributed by atoms with Crippen molar-refractivity contribution in [2.75, 3.05) is 19.7 Å². The molecule has 0 bridgehead atoms. The predicted molar refractivity (Wildman–Crippen MR) is 116 cm³/mol. The second-order valence-electron chi connectivity index (χ2n) is 7.60. The Morgan fingerprint density at radius 2 is 1.73 bits per heavy atom. The van der Waals surface area contributed by atoms with Gasteiger partial charge in [-0.05, 0) is 42.9 Å². The van der Waals surface area contributed by atoms with Crippen LogP contribution >= 0.6 is 11.6 Å². The number of para-hydroxylation sites is 1. The zero-order valence-electron chi connectivity index (χ0n) is 16.6. The molecule has 154 valence electrons. The number of carbonyl (C=O) groups excluding carboxylic acids is 2. The Morgan fingerprint density at radius 1 is 1.03 bits per heavy atom. The topological polar surface area (TPSA) is 59.5 Å². The number of hydrogen-bond donors (Lipinski definition) is 0. The van der Waals surface area contributed by atoms with Crippen molar-refractivity contribution in [1.29, 1.82) is 0 Å². The number of amides is 1. The zero-order chi connectivity index (χ0) is 20.9. The monoisotopic (exact) mass is 422 g/mol. The molecule has 6 heteroatoms. The number of fused-ring (bicyclic) bond motifs is 1. The lowest BCUT2D eigenvalue weighted by atomic mass is 9.90. The van der Waals surface area contributed by atoms with Crippen LogP contribution in [0.15, 0.2) is 60.7 Å². The molecule has 0 atom stereocenters. The highest BCUT2D eigenvalue weighted by molar-refractivity contribution is 6.30. The van der Waals surface area contributed by atoms with Gasteiger partial charge in [-0.15, -0.1) is 0 Å². The van der Waals surface area contributed by atoms with E-state index in [1.165, 1.54) is 11.6 Å². The molecule has 1 aromatic heterocycles. The van der Waals surface area contributed by atoms with Crippen molar-refractivity contribution in [3.8, 4) is 0 Å².